The van der Waals surface area contributed by atoms with E-state index in [9.17, 15) is 0 Å². The van der Waals surface area contributed by atoms with Crippen molar-refractivity contribution in [1.82, 2.24) is 5.43 Å². The maximum Gasteiger partial charge on any atom is 0.173 e. The molecule has 0 aliphatic rings. The predicted molar refractivity (Wildman–Crippen MR) is 74.3 cm³/mol. The van der Waals surface area contributed by atoms with Crippen LogP contribution in [-0.2, 0) is 6.42 Å². The van der Waals surface area contributed by atoms with Crippen LogP contribution < -0.4 is 11.3 Å². The number of rotatable bonds is 4. The normalized spacial score (nSPS) is 12.6. The Balaban J connectivity index is 2.22. The topological polar surface area (TPSA) is 51.2 Å². The first-order valence-electron chi connectivity index (χ1n) is 5.14. The summed E-state index contributed by atoms with van der Waals surface area (Å²) in [6.07, 6.45) is 2.43. The second kappa shape index (κ2) is 5.82. The number of benzene rings is 1. The molecule has 3 nitrogen and oxygen atoms in total. The summed E-state index contributed by atoms with van der Waals surface area (Å²) in [5.74, 6) is 5.60. The van der Waals surface area contributed by atoms with Crippen LogP contribution in [0.15, 0.2) is 50.2 Å². The molecule has 90 valence electrons. The molecule has 3 N–H and O–H groups in total. The van der Waals surface area contributed by atoms with Crippen molar-refractivity contribution in [3.63, 3.8) is 0 Å². The minimum atomic E-state index is 0.0156. The van der Waals surface area contributed by atoms with Crippen LogP contribution in [0.1, 0.15) is 17.2 Å². The Kier molecular flexibility index (Phi) is 4.39. The predicted octanol–water partition coefficient (Wildman–Crippen LogP) is 3.55. The Morgan fingerprint density at radius 3 is 2.59 bits per heavy atom. The molecule has 1 aromatic carbocycles. The lowest BCUT2D eigenvalue weighted by atomic mass is 10.0. The van der Waals surface area contributed by atoms with E-state index in [2.05, 4.69) is 43.4 Å². The molecule has 0 amide bonds. The molecule has 0 aliphatic carbocycles. The summed E-state index contributed by atoms with van der Waals surface area (Å²) in [5.41, 5.74) is 5.02. The van der Waals surface area contributed by atoms with Crippen molar-refractivity contribution in [3.05, 3.63) is 56.9 Å². The van der Waals surface area contributed by atoms with Gasteiger partial charge in [0.15, 0.2) is 4.67 Å². The highest BCUT2D eigenvalue weighted by Crippen LogP contribution is 2.28. The van der Waals surface area contributed by atoms with Crippen LogP contribution in [0.4, 0.5) is 0 Å². The Bertz CT molecular complexity index is 499. The molecule has 0 aliphatic heterocycles. The zero-order chi connectivity index (χ0) is 12.3. The molecular formula is C12H12Br2N2O. The van der Waals surface area contributed by atoms with Crippen molar-refractivity contribution in [2.75, 3.05) is 0 Å². The first-order valence-corrected chi connectivity index (χ1v) is 6.73. The van der Waals surface area contributed by atoms with E-state index in [1.807, 2.05) is 24.3 Å². The van der Waals surface area contributed by atoms with Crippen LogP contribution in [0.3, 0.4) is 0 Å². The van der Waals surface area contributed by atoms with Crippen molar-refractivity contribution in [1.29, 1.82) is 0 Å². The largest absolute Gasteiger partial charge is 0.457 e. The average Bonchev–Trinajstić information content (AvgIpc) is 2.75. The van der Waals surface area contributed by atoms with Crippen molar-refractivity contribution in [2.45, 2.75) is 12.5 Å². The first-order chi connectivity index (χ1) is 8.22. The molecule has 5 heteroatoms. The van der Waals surface area contributed by atoms with E-state index in [0.29, 0.717) is 4.67 Å². The SMILES string of the molecule is NNC(Cc1ccccc1Br)c1ccoc1Br. The fourth-order valence-electron chi connectivity index (χ4n) is 1.70. The molecule has 0 saturated carbocycles. The summed E-state index contributed by atoms with van der Waals surface area (Å²) in [6, 6.07) is 10.0. The molecule has 0 saturated heterocycles. The summed E-state index contributed by atoms with van der Waals surface area (Å²) in [7, 11) is 0. The highest BCUT2D eigenvalue weighted by molar-refractivity contribution is 9.10. The summed E-state index contributed by atoms with van der Waals surface area (Å²) in [6.45, 7) is 0. The van der Waals surface area contributed by atoms with E-state index < -0.39 is 0 Å². The van der Waals surface area contributed by atoms with Crippen molar-refractivity contribution >= 4 is 31.9 Å². The van der Waals surface area contributed by atoms with E-state index in [-0.39, 0.29) is 6.04 Å². The standard InChI is InChI=1S/C12H12Br2N2O/c13-10-4-2-1-3-8(10)7-11(16-15)9-5-6-17-12(9)14/h1-6,11,16H,7,15H2. The molecule has 1 unspecified atom stereocenters. The van der Waals surface area contributed by atoms with Gasteiger partial charge in [0.1, 0.15) is 0 Å². The maximum atomic E-state index is 5.60. The fourth-order valence-corrected chi connectivity index (χ4v) is 2.66. The number of hydrazine groups is 1. The summed E-state index contributed by atoms with van der Waals surface area (Å²) in [4.78, 5) is 0. The third-order valence-corrected chi connectivity index (χ3v) is 4.02. The van der Waals surface area contributed by atoms with Gasteiger partial charge in [0, 0.05) is 10.0 Å². The molecule has 2 rings (SSSR count). The molecule has 17 heavy (non-hydrogen) atoms. The van der Waals surface area contributed by atoms with Gasteiger partial charge in [0.05, 0.1) is 12.3 Å². The Morgan fingerprint density at radius 1 is 1.24 bits per heavy atom. The highest BCUT2D eigenvalue weighted by atomic mass is 79.9. The number of nitrogens with two attached hydrogens (primary N) is 1. The van der Waals surface area contributed by atoms with Crippen molar-refractivity contribution in [2.24, 2.45) is 5.84 Å². The molecule has 0 bridgehead atoms. The number of hydrogen-bond acceptors (Lipinski definition) is 3. The minimum Gasteiger partial charge on any atom is -0.457 e. The lowest BCUT2D eigenvalue weighted by molar-refractivity contribution is 0.506. The molecule has 1 heterocycles. The zero-order valence-electron chi connectivity index (χ0n) is 8.99. The van der Waals surface area contributed by atoms with Gasteiger partial charge in [-0.2, -0.15) is 0 Å². The van der Waals surface area contributed by atoms with Gasteiger partial charge in [-0.1, -0.05) is 34.1 Å². The smallest absolute Gasteiger partial charge is 0.173 e. The van der Waals surface area contributed by atoms with E-state index in [1.165, 1.54) is 5.56 Å². The van der Waals surface area contributed by atoms with Gasteiger partial charge < -0.3 is 4.42 Å². The molecule has 0 radical (unpaired) electrons. The van der Waals surface area contributed by atoms with Crippen LogP contribution in [0.5, 0.6) is 0 Å². The Hall–Kier alpha value is -0.620. The molecule has 0 spiro atoms. The van der Waals surface area contributed by atoms with Gasteiger partial charge in [-0.3, -0.25) is 11.3 Å². The second-order valence-corrected chi connectivity index (χ2v) is 5.24. The van der Waals surface area contributed by atoms with E-state index in [0.717, 1.165) is 16.5 Å². The first kappa shape index (κ1) is 12.8. The maximum absolute atomic E-state index is 5.60. The molecule has 1 atom stereocenters. The average molecular weight is 360 g/mol. The highest BCUT2D eigenvalue weighted by Gasteiger charge is 2.16. The summed E-state index contributed by atoms with van der Waals surface area (Å²) < 4.78 is 7.02. The third kappa shape index (κ3) is 2.98. The van der Waals surface area contributed by atoms with Crippen LogP contribution in [0.2, 0.25) is 0 Å². The number of furan rings is 1. The molecular weight excluding hydrogens is 348 g/mol. The number of halogens is 2. The fraction of sp³-hybridized carbons (Fsp3) is 0.167. The van der Waals surface area contributed by atoms with E-state index >= 15 is 0 Å². The lowest BCUT2D eigenvalue weighted by Crippen LogP contribution is -2.29. The van der Waals surface area contributed by atoms with Gasteiger partial charge in [-0.05, 0) is 40.0 Å². The lowest BCUT2D eigenvalue weighted by Gasteiger charge is -2.15. The van der Waals surface area contributed by atoms with Crippen molar-refractivity contribution < 1.29 is 4.42 Å². The van der Waals surface area contributed by atoms with Crippen LogP contribution >= 0.6 is 31.9 Å². The minimum absolute atomic E-state index is 0.0156. The van der Waals surface area contributed by atoms with Crippen LogP contribution in [0, 0.1) is 0 Å². The number of hydrogen-bond donors (Lipinski definition) is 2. The van der Waals surface area contributed by atoms with E-state index in [4.69, 9.17) is 10.3 Å². The number of nitrogens with one attached hydrogen (secondary N) is 1. The van der Waals surface area contributed by atoms with Gasteiger partial charge in [-0.15, -0.1) is 0 Å². The van der Waals surface area contributed by atoms with Gasteiger partial charge in [0.25, 0.3) is 0 Å². The van der Waals surface area contributed by atoms with Gasteiger partial charge in [0.2, 0.25) is 0 Å². The van der Waals surface area contributed by atoms with E-state index in [1.54, 1.807) is 6.26 Å². The Labute approximate surface area is 117 Å². The summed E-state index contributed by atoms with van der Waals surface area (Å²) in [5, 5.41) is 0. The Morgan fingerprint density at radius 2 is 2.00 bits per heavy atom. The van der Waals surface area contributed by atoms with Gasteiger partial charge in [-0.25, -0.2) is 0 Å². The van der Waals surface area contributed by atoms with Gasteiger partial charge >= 0.3 is 0 Å². The second-order valence-electron chi connectivity index (χ2n) is 3.66. The van der Waals surface area contributed by atoms with Crippen LogP contribution in [-0.4, -0.2) is 0 Å². The molecule has 1 aromatic heterocycles. The molecule has 0 fully saturated rings. The van der Waals surface area contributed by atoms with Crippen molar-refractivity contribution in [3.8, 4) is 0 Å². The third-order valence-electron chi connectivity index (χ3n) is 2.60. The monoisotopic (exact) mass is 358 g/mol. The zero-order valence-corrected chi connectivity index (χ0v) is 12.2. The quantitative estimate of drug-likeness (QED) is 0.648. The van der Waals surface area contributed by atoms with Crippen LogP contribution in [0.25, 0.3) is 0 Å². The molecule has 2 aromatic rings. The summed E-state index contributed by atoms with van der Waals surface area (Å²) >= 11 is 6.90.